The summed E-state index contributed by atoms with van der Waals surface area (Å²) in [6.07, 6.45) is -0.246. The van der Waals surface area contributed by atoms with E-state index in [0.29, 0.717) is 11.3 Å². The molecule has 0 radical (unpaired) electrons. The van der Waals surface area contributed by atoms with E-state index < -0.39 is 5.97 Å². The minimum absolute atomic E-state index is 0.246. The van der Waals surface area contributed by atoms with Gasteiger partial charge in [0.05, 0.1) is 5.56 Å². The zero-order valence-corrected chi connectivity index (χ0v) is 9.99. The van der Waals surface area contributed by atoms with E-state index in [1.54, 1.807) is 50.2 Å². The Balaban J connectivity index is 2.52. The van der Waals surface area contributed by atoms with E-state index in [2.05, 4.69) is 0 Å². The summed E-state index contributed by atoms with van der Waals surface area (Å²) in [6, 6.07) is 6.71. The third-order valence-corrected chi connectivity index (χ3v) is 3.06. The van der Waals surface area contributed by atoms with Crippen molar-refractivity contribution in [2.45, 2.75) is 11.2 Å². The molecule has 16 heavy (non-hydrogen) atoms. The largest absolute Gasteiger partial charge is 0.478 e. The van der Waals surface area contributed by atoms with Gasteiger partial charge in [-0.25, -0.2) is 4.79 Å². The zero-order chi connectivity index (χ0) is 12.0. The van der Waals surface area contributed by atoms with Crippen LogP contribution in [-0.4, -0.2) is 37.3 Å². The van der Waals surface area contributed by atoms with Crippen molar-refractivity contribution in [3.05, 3.63) is 29.8 Å². The number of hydrogen-bond donors (Lipinski definition) is 1. The van der Waals surface area contributed by atoms with E-state index >= 15 is 0 Å². The standard InChI is InChI=1S/C11H14O4S/c1-14-10(15-2)7-16-9-5-3-8(4-6-9)11(12)13/h3-6,10H,7H2,1-2H3,(H,12,13). The third-order valence-electron chi connectivity index (χ3n) is 2.01. The lowest BCUT2D eigenvalue weighted by Crippen LogP contribution is -2.15. The molecule has 5 heteroatoms. The molecule has 1 aromatic carbocycles. The molecule has 1 N–H and O–H groups in total. The first kappa shape index (κ1) is 13.0. The number of carboxylic acid groups (broad SMARTS) is 1. The molecule has 0 saturated carbocycles. The van der Waals surface area contributed by atoms with Crippen LogP contribution in [0.2, 0.25) is 0 Å². The molecule has 0 spiro atoms. The molecule has 0 aromatic heterocycles. The van der Waals surface area contributed by atoms with Crippen LogP contribution in [0, 0.1) is 0 Å². The molecule has 0 aliphatic carbocycles. The number of aromatic carboxylic acids is 1. The molecule has 0 heterocycles. The molecular formula is C11H14O4S. The Morgan fingerprint density at radius 2 is 1.88 bits per heavy atom. The van der Waals surface area contributed by atoms with Crippen LogP contribution < -0.4 is 0 Å². The van der Waals surface area contributed by atoms with Gasteiger partial charge >= 0.3 is 5.97 Å². The van der Waals surface area contributed by atoms with Gasteiger partial charge in [0, 0.05) is 24.9 Å². The van der Waals surface area contributed by atoms with Gasteiger partial charge in [0.2, 0.25) is 0 Å². The predicted octanol–water partition coefficient (Wildman–Crippen LogP) is 2.10. The number of benzene rings is 1. The van der Waals surface area contributed by atoms with Crippen molar-refractivity contribution in [3.8, 4) is 0 Å². The molecule has 1 aromatic rings. The first-order chi connectivity index (χ1) is 7.67. The normalized spacial score (nSPS) is 10.7. The Hall–Kier alpha value is -1.04. The van der Waals surface area contributed by atoms with Crippen molar-refractivity contribution in [2.75, 3.05) is 20.0 Å². The van der Waals surface area contributed by atoms with Crippen LogP contribution in [0.3, 0.4) is 0 Å². The highest BCUT2D eigenvalue weighted by Gasteiger charge is 2.06. The summed E-state index contributed by atoms with van der Waals surface area (Å²) < 4.78 is 10.1. The molecule has 0 unspecified atom stereocenters. The topological polar surface area (TPSA) is 55.8 Å². The Bertz CT molecular complexity index is 332. The zero-order valence-electron chi connectivity index (χ0n) is 9.17. The smallest absolute Gasteiger partial charge is 0.335 e. The van der Waals surface area contributed by atoms with Gasteiger partial charge < -0.3 is 14.6 Å². The Labute approximate surface area is 98.6 Å². The summed E-state index contributed by atoms with van der Waals surface area (Å²) in [5.74, 6) is -0.248. The molecule has 1 rings (SSSR count). The Morgan fingerprint density at radius 1 is 1.31 bits per heavy atom. The van der Waals surface area contributed by atoms with Crippen LogP contribution >= 0.6 is 11.8 Å². The molecule has 0 bridgehead atoms. The lowest BCUT2D eigenvalue weighted by Gasteiger charge is -2.12. The lowest BCUT2D eigenvalue weighted by molar-refractivity contribution is -0.0842. The van der Waals surface area contributed by atoms with E-state index in [9.17, 15) is 4.79 Å². The minimum atomic E-state index is -0.914. The minimum Gasteiger partial charge on any atom is -0.478 e. The first-order valence-electron chi connectivity index (χ1n) is 4.69. The fourth-order valence-electron chi connectivity index (χ4n) is 1.09. The van der Waals surface area contributed by atoms with Crippen molar-refractivity contribution in [1.82, 2.24) is 0 Å². The fourth-order valence-corrected chi connectivity index (χ4v) is 2.02. The van der Waals surface area contributed by atoms with Crippen molar-refractivity contribution in [2.24, 2.45) is 0 Å². The second-order valence-electron chi connectivity index (χ2n) is 3.04. The second kappa shape index (κ2) is 6.52. The van der Waals surface area contributed by atoms with Crippen molar-refractivity contribution in [3.63, 3.8) is 0 Å². The number of hydrogen-bond acceptors (Lipinski definition) is 4. The summed E-state index contributed by atoms with van der Waals surface area (Å²) in [4.78, 5) is 11.6. The number of ether oxygens (including phenoxy) is 2. The van der Waals surface area contributed by atoms with Gasteiger partial charge in [0.15, 0.2) is 6.29 Å². The third kappa shape index (κ3) is 3.84. The van der Waals surface area contributed by atoms with E-state index in [1.165, 1.54) is 0 Å². The van der Waals surface area contributed by atoms with Gasteiger partial charge in [-0.3, -0.25) is 0 Å². The van der Waals surface area contributed by atoms with Gasteiger partial charge in [0.25, 0.3) is 0 Å². The Kier molecular flexibility index (Phi) is 5.31. The van der Waals surface area contributed by atoms with Crippen molar-refractivity contribution >= 4 is 17.7 Å². The summed E-state index contributed by atoms with van der Waals surface area (Å²) in [7, 11) is 3.17. The Morgan fingerprint density at radius 3 is 2.31 bits per heavy atom. The molecule has 0 amide bonds. The van der Waals surface area contributed by atoms with Crippen LogP contribution in [0.15, 0.2) is 29.2 Å². The van der Waals surface area contributed by atoms with Crippen LogP contribution in [0.4, 0.5) is 0 Å². The second-order valence-corrected chi connectivity index (χ2v) is 4.13. The van der Waals surface area contributed by atoms with Crippen molar-refractivity contribution < 1.29 is 19.4 Å². The average molecular weight is 242 g/mol. The fraction of sp³-hybridized carbons (Fsp3) is 0.364. The quantitative estimate of drug-likeness (QED) is 0.611. The summed E-state index contributed by atoms with van der Waals surface area (Å²) in [6.45, 7) is 0. The van der Waals surface area contributed by atoms with E-state index in [0.717, 1.165) is 4.90 Å². The van der Waals surface area contributed by atoms with Crippen LogP contribution in [0.5, 0.6) is 0 Å². The summed E-state index contributed by atoms with van der Waals surface area (Å²) in [5, 5.41) is 8.72. The van der Waals surface area contributed by atoms with Gasteiger partial charge in [-0.2, -0.15) is 0 Å². The number of thioether (sulfide) groups is 1. The lowest BCUT2D eigenvalue weighted by atomic mass is 10.2. The number of rotatable bonds is 6. The molecule has 0 atom stereocenters. The van der Waals surface area contributed by atoms with Crippen LogP contribution in [0.25, 0.3) is 0 Å². The maximum atomic E-state index is 10.6. The highest BCUT2D eigenvalue weighted by molar-refractivity contribution is 7.99. The summed E-state index contributed by atoms with van der Waals surface area (Å²) in [5.41, 5.74) is 0.291. The van der Waals surface area contributed by atoms with Gasteiger partial charge in [0.1, 0.15) is 0 Å². The van der Waals surface area contributed by atoms with E-state index in [4.69, 9.17) is 14.6 Å². The van der Waals surface area contributed by atoms with Gasteiger partial charge in [-0.15, -0.1) is 11.8 Å². The van der Waals surface area contributed by atoms with E-state index in [1.807, 2.05) is 0 Å². The monoisotopic (exact) mass is 242 g/mol. The molecule has 0 aliphatic heterocycles. The van der Waals surface area contributed by atoms with Crippen molar-refractivity contribution in [1.29, 1.82) is 0 Å². The predicted molar refractivity (Wildman–Crippen MR) is 61.9 cm³/mol. The van der Waals surface area contributed by atoms with E-state index in [-0.39, 0.29) is 6.29 Å². The average Bonchev–Trinajstić information content (AvgIpc) is 2.31. The SMILES string of the molecule is COC(CSc1ccc(C(=O)O)cc1)OC. The highest BCUT2D eigenvalue weighted by Crippen LogP contribution is 2.20. The number of carbonyl (C=O) groups is 1. The maximum Gasteiger partial charge on any atom is 0.335 e. The van der Waals surface area contributed by atoms with Gasteiger partial charge in [-0.1, -0.05) is 0 Å². The molecule has 0 saturated heterocycles. The maximum absolute atomic E-state index is 10.6. The summed E-state index contributed by atoms with van der Waals surface area (Å²) >= 11 is 1.56. The molecule has 0 aliphatic rings. The highest BCUT2D eigenvalue weighted by atomic mass is 32.2. The number of carboxylic acids is 1. The van der Waals surface area contributed by atoms with Gasteiger partial charge in [-0.05, 0) is 24.3 Å². The van der Waals surface area contributed by atoms with Crippen LogP contribution in [0.1, 0.15) is 10.4 Å². The molecule has 0 fully saturated rings. The molecular weight excluding hydrogens is 228 g/mol. The van der Waals surface area contributed by atoms with Crippen LogP contribution in [-0.2, 0) is 9.47 Å². The molecule has 4 nitrogen and oxygen atoms in total. The number of methoxy groups -OCH3 is 2. The molecule has 88 valence electrons. The first-order valence-corrected chi connectivity index (χ1v) is 5.67.